The molecule has 2 amide bonds. The Balaban J connectivity index is 1.44. The van der Waals surface area contributed by atoms with Crippen LogP contribution in [-0.4, -0.2) is 62.9 Å². The number of likely N-dealkylation sites (tertiary alicyclic amines) is 1. The summed E-state index contributed by atoms with van der Waals surface area (Å²) in [6.45, 7) is 3.96. The molecule has 2 aromatic heterocycles. The van der Waals surface area contributed by atoms with Crippen LogP contribution in [0.2, 0.25) is 0 Å². The quantitative estimate of drug-likeness (QED) is 0.712. The van der Waals surface area contributed by atoms with E-state index in [0.29, 0.717) is 36.0 Å². The van der Waals surface area contributed by atoms with Crippen molar-refractivity contribution in [1.82, 2.24) is 24.4 Å². The maximum Gasteiger partial charge on any atom is 0.267 e. The fraction of sp³-hybridized carbons (Fsp3) is 0.550. The van der Waals surface area contributed by atoms with Crippen molar-refractivity contribution in [3.05, 3.63) is 40.7 Å². The number of amides is 2. The molecule has 0 radical (unpaired) electrons. The van der Waals surface area contributed by atoms with Crippen LogP contribution >= 0.6 is 11.5 Å². The van der Waals surface area contributed by atoms with E-state index >= 15 is 0 Å². The first-order valence-corrected chi connectivity index (χ1v) is 10.5. The van der Waals surface area contributed by atoms with Crippen molar-refractivity contribution < 1.29 is 9.59 Å². The third kappa shape index (κ3) is 5.34. The van der Waals surface area contributed by atoms with Crippen LogP contribution in [0.5, 0.6) is 0 Å². The molecule has 1 aliphatic rings. The van der Waals surface area contributed by atoms with E-state index in [1.165, 1.54) is 0 Å². The topological polar surface area (TPSA) is 79.3 Å². The predicted octanol–water partition coefficient (Wildman–Crippen LogP) is 2.58. The van der Waals surface area contributed by atoms with Gasteiger partial charge in [0, 0.05) is 51.4 Å². The van der Waals surface area contributed by atoms with E-state index in [-0.39, 0.29) is 11.8 Å². The van der Waals surface area contributed by atoms with Crippen molar-refractivity contribution >= 4 is 23.3 Å². The van der Waals surface area contributed by atoms with Gasteiger partial charge < -0.3 is 9.80 Å². The summed E-state index contributed by atoms with van der Waals surface area (Å²) in [5.41, 5.74) is 1.69. The van der Waals surface area contributed by atoms with Crippen molar-refractivity contribution in [2.75, 3.05) is 26.7 Å². The number of hydrogen-bond donors (Lipinski definition) is 0. The number of aryl methyl sites for hydroxylation is 1. The van der Waals surface area contributed by atoms with Gasteiger partial charge in [-0.2, -0.15) is 0 Å². The first-order chi connectivity index (χ1) is 13.5. The molecule has 0 spiro atoms. The average Bonchev–Trinajstić information content (AvgIpc) is 3.16. The van der Waals surface area contributed by atoms with E-state index < -0.39 is 0 Å². The Kier molecular flexibility index (Phi) is 7.08. The summed E-state index contributed by atoms with van der Waals surface area (Å²) in [4.78, 5) is 33.7. The monoisotopic (exact) mass is 401 g/mol. The van der Waals surface area contributed by atoms with Crippen LogP contribution in [0.4, 0.5) is 0 Å². The molecule has 3 rings (SSSR count). The minimum atomic E-state index is 0.0241. The van der Waals surface area contributed by atoms with Gasteiger partial charge in [0.05, 0.1) is 5.69 Å². The van der Waals surface area contributed by atoms with Crippen LogP contribution in [0, 0.1) is 12.8 Å². The lowest BCUT2D eigenvalue weighted by molar-refractivity contribution is -0.130. The molecule has 3 heterocycles. The number of likely N-dealkylation sites (N-methyl/N-ethyl adjacent to an activating group) is 1. The number of carbonyl (C=O) groups excluding carboxylic acids is 2. The number of aromatic nitrogens is 3. The third-order valence-corrected chi connectivity index (χ3v) is 6.09. The summed E-state index contributed by atoms with van der Waals surface area (Å²) in [7, 11) is 1.85. The molecule has 7 nitrogen and oxygen atoms in total. The molecular formula is C20H27N5O2S. The van der Waals surface area contributed by atoms with Crippen LogP contribution in [0.1, 0.15) is 46.7 Å². The van der Waals surface area contributed by atoms with E-state index in [9.17, 15) is 9.59 Å². The van der Waals surface area contributed by atoms with Gasteiger partial charge in [-0.15, -0.1) is 5.10 Å². The predicted molar refractivity (Wildman–Crippen MR) is 108 cm³/mol. The largest absolute Gasteiger partial charge is 0.345 e. The normalized spacial score (nSPS) is 16.8. The van der Waals surface area contributed by atoms with Gasteiger partial charge in [0.25, 0.3) is 5.91 Å². The van der Waals surface area contributed by atoms with Crippen LogP contribution < -0.4 is 0 Å². The second-order valence-electron chi connectivity index (χ2n) is 7.37. The number of piperidine rings is 1. The molecule has 0 bridgehead atoms. The zero-order chi connectivity index (χ0) is 19.9. The van der Waals surface area contributed by atoms with Gasteiger partial charge in [0.2, 0.25) is 5.91 Å². The van der Waals surface area contributed by atoms with Crippen molar-refractivity contribution in [3.63, 3.8) is 0 Å². The van der Waals surface area contributed by atoms with E-state index in [1.807, 2.05) is 37.1 Å². The van der Waals surface area contributed by atoms with E-state index in [4.69, 9.17) is 0 Å². The molecule has 1 saturated heterocycles. The van der Waals surface area contributed by atoms with E-state index in [2.05, 4.69) is 14.6 Å². The summed E-state index contributed by atoms with van der Waals surface area (Å²) in [6, 6.07) is 5.83. The Labute approximate surface area is 169 Å². The highest BCUT2D eigenvalue weighted by atomic mass is 32.1. The number of pyridine rings is 1. The van der Waals surface area contributed by atoms with Gasteiger partial charge >= 0.3 is 0 Å². The zero-order valence-electron chi connectivity index (χ0n) is 16.5. The smallest absolute Gasteiger partial charge is 0.267 e. The summed E-state index contributed by atoms with van der Waals surface area (Å²) in [6.07, 6.45) is 5.91. The van der Waals surface area contributed by atoms with E-state index in [0.717, 1.165) is 49.5 Å². The molecule has 1 fully saturated rings. The third-order valence-electron chi connectivity index (χ3n) is 5.27. The lowest BCUT2D eigenvalue weighted by atomic mass is 9.93. The number of hydrogen-bond acceptors (Lipinski definition) is 6. The minimum Gasteiger partial charge on any atom is -0.345 e. The van der Waals surface area contributed by atoms with Gasteiger partial charge in [-0.05, 0) is 55.8 Å². The lowest BCUT2D eigenvalue weighted by Crippen LogP contribution is -2.40. The molecule has 2 aromatic rings. The van der Waals surface area contributed by atoms with Crippen molar-refractivity contribution in [3.8, 4) is 0 Å². The van der Waals surface area contributed by atoms with Crippen molar-refractivity contribution in [1.29, 1.82) is 0 Å². The molecule has 28 heavy (non-hydrogen) atoms. The Morgan fingerprint density at radius 3 is 2.93 bits per heavy atom. The highest BCUT2D eigenvalue weighted by molar-refractivity contribution is 7.07. The lowest BCUT2D eigenvalue weighted by Gasteiger charge is -2.32. The molecule has 0 N–H and O–H groups in total. The molecule has 1 atom stereocenters. The van der Waals surface area contributed by atoms with Crippen LogP contribution in [-0.2, 0) is 11.2 Å². The maximum atomic E-state index is 12.7. The van der Waals surface area contributed by atoms with Crippen molar-refractivity contribution in [2.45, 2.75) is 39.0 Å². The van der Waals surface area contributed by atoms with Gasteiger partial charge in [0.1, 0.15) is 4.88 Å². The molecule has 0 saturated carbocycles. The van der Waals surface area contributed by atoms with Gasteiger partial charge in [-0.3, -0.25) is 14.6 Å². The minimum absolute atomic E-state index is 0.0241. The van der Waals surface area contributed by atoms with Crippen molar-refractivity contribution in [2.24, 2.45) is 5.92 Å². The Morgan fingerprint density at radius 2 is 2.21 bits per heavy atom. The van der Waals surface area contributed by atoms with Crippen LogP contribution in [0.25, 0.3) is 0 Å². The summed E-state index contributed by atoms with van der Waals surface area (Å²) >= 11 is 1.16. The maximum absolute atomic E-state index is 12.7. The molecule has 1 aliphatic heterocycles. The molecule has 150 valence electrons. The summed E-state index contributed by atoms with van der Waals surface area (Å²) < 4.78 is 3.86. The molecule has 0 aromatic carbocycles. The molecule has 0 aliphatic carbocycles. The summed E-state index contributed by atoms with van der Waals surface area (Å²) in [5.74, 6) is 0.546. The van der Waals surface area contributed by atoms with Gasteiger partial charge in [-0.1, -0.05) is 10.6 Å². The standard InChI is InChI=1S/C20H27N5O2S/c1-15-19(28-23-22-15)20(27)25-12-5-6-16(14-25)8-9-18(26)24(2)13-10-17-7-3-4-11-21-17/h3-4,7,11,16H,5-6,8-10,12-14H2,1-2H3. The second kappa shape index (κ2) is 9.73. The van der Waals surface area contributed by atoms with E-state index in [1.54, 1.807) is 11.1 Å². The van der Waals surface area contributed by atoms with Crippen LogP contribution in [0.3, 0.4) is 0 Å². The zero-order valence-corrected chi connectivity index (χ0v) is 17.3. The second-order valence-corrected chi connectivity index (χ2v) is 8.13. The molecule has 8 heteroatoms. The highest BCUT2D eigenvalue weighted by Crippen LogP contribution is 2.24. The Bertz CT molecular complexity index is 795. The van der Waals surface area contributed by atoms with Gasteiger partial charge in [-0.25, -0.2) is 0 Å². The first kappa shape index (κ1) is 20.4. The number of carbonyl (C=O) groups is 2. The summed E-state index contributed by atoms with van der Waals surface area (Å²) in [5, 5.41) is 3.94. The van der Waals surface area contributed by atoms with Crippen LogP contribution in [0.15, 0.2) is 24.4 Å². The fourth-order valence-corrected chi connectivity index (χ4v) is 4.15. The fourth-order valence-electron chi connectivity index (χ4n) is 3.53. The first-order valence-electron chi connectivity index (χ1n) is 9.76. The average molecular weight is 402 g/mol. The molecular weight excluding hydrogens is 374 g/mol. The Hall–Kier alpha value is -2.35. The van der Waals surface area contributed by atoms with Gasteiger partial charge in [0.15, 0.2) is 0 Å². The SMILES string of the molecule is Cc1nnsc1C(=O)N1CCCC(CCC(=O)N(C)CCc2ccccn2)C1. The Morgan fingerprint density at radius 1 is 1.36 bits per heavy atom. The number of nitrogens with zero attached hydrogens (tertiary/aromatic N) is 5. The number of rotatable bonds is 7. The highest BCUT2D eigenvalue weighted by Gasteiger charge is 2.27. The molecule has 1 unspecified atom stereocenters.